The minimum Gasteiger partial charge on any atom is -0.449 e. The highest BCUT2D eigenvalue weighted by Crippen LogP contribution is 2.23. The van der Waals surface area contributed by atoms with Crippen LogP contribution in [0.5, 0.6) is 11.5 Å². The van der Waals surface area contributed by atoms with E-state index in [1.165, 1.54) is 18.2 Å². The molecule has 0 unspecified atom stereocenters. The van der Waals surface area contributed by atoms with Gasteiger partial charge in [0.2, 0.25) is 0 Å². The van der Waals surface area contributed by atoms with E-state index in [0.29, 0.717) is 5.56 Å². The van der Waals surface area contributed by atoms with Crippen molar-refractivity contribution in [3.63, 3.8) is 0 Å². The van der Waals surface area contributed by atoms with Gasteiger partial charge in [0, 0.05) is 0 Å². The van der Waals surface area contributed by atoms with E-state index < -0.39 is 12.3 Å². The van der Waals surface area contributed by atoms with Gasteiger partial charge in [0.05, 0.1) is 0 Å². The van der Waals surface area contributed by atoms with Crippen molar-refractivity contribution in [2.75, 3.05) is 0 Å². The van der Waals surface area contributed by atoms with E-state index >= 15 is 0 Å². The summed E-state index contributed by atoms with van der Waals surface area (Å²) in [5, 5.41) is 16.7. The van der Waals surface area contributed by atoms with Crippen LogP contribution in [-0.4, -0.2) is 22.5 Å². The molecule has 2 N–H and O–H groups in total. The lowest BCUT2D eigenvalue weighted by atomic mass is 10.2. The molecule has 1 rings (SSSR count). The first-order chi connectivity index (χ1) is 6.99. The number of rotatable bonds is 2. The second-order valence-electron chi connectivity index (χ2n) is 2.66. The van der Waals surface area contributed by atoms with Crippen molar-refractivity contribution < 1.29 is 29.3 Å². The summed E-state index contributed by atoms with van der Waals surface area (Å²) in [4.78, 5) is 20.4. The Kier molecular flexibility index (Phi) is 3.12. The molecule has 6 nitrogen and oxygen atoms in total. The van der Waals surface area contributed by atoms with Gasteiger partial charge in [-0.2, -0.15) is 0 Å². The van der Waals surface area contributed by atoms with E-state index in [1.54, 1.807) is 6.92 Å². The summed E-state index contributed by atoms with van der Waals surface area (Å²) in [6.45, 7) is 1.58. The first-order valence-corrected chi connectivity index (χ1v) is 3.91. The Hall–Kier alpha value is -2.24. The fraction of sp³-hybridized carbons (Fsp3) is 0.111. The third-order valence-electron chi connectivity index (χ3n) is 1.55. The van der Waals surface area contributed by atoms with Crippen LogP contribution in [0.15, 0.2) is 18.2 Å². The van der Waals surface area contributed by atoms with Crippen LogP contribution < -0.4 is 9.47 Å². The van der Waals surface area contributed by atoms with E-state index in [-0.39, 0.29) is 11.5 Å². The number of benzene rings is 1. The molecule has 6 heteroatoms. The molecule has 0 saturated carbocycles. The third kappa shape index (κ3) is 3.18. The average Bonchev–Trinajstić information content (AvgIpc) is 2.08. The monoisotopic (exact) mass is 212 g/mol. The molecule has 1 aromatic carbocycles. The van der Waals surface area contributed by atoms with E-state index in [2.05, 4.69) is 9.47 Å². The molecule has 0 fully saturated rings. The maximum atomic E-state index is 10.2. The average molecular weight is 212 g/mol. The van der Waals surface area contributed by atoms with Crippen molar-refractivity contribution >= 4 is 12.3 Å². The van der Waals surface area contributed by atoms with Crippen LogP contribution in [0.25, 0.3) is 0 Å². The Labute approximate surface area is 84.7 Å². The molecule has 0 spiro atoms. The van der Waals surface area contributed by atoms with Crippen molar-refractivity contribution in [2.24, 2.45) is 0 Å². The van der Waals surface area contributed by atoms with Gasteiger partial charge in [0.1, 0.15) is 11.5 Å². The number of aryl methyl sites for hydroxylation is 1. The van der Waals surface area contributed by atoms with E-state index in [9.17, 15) is 9.59 Å². The summed E-state index contributed by atoms with van der Waals surface area (Å²) in [7, 11) is 0. The largest absolute Gasteiger partial charge is 0.511 e. The molecule has 0 saturated heterocycles. The molecule has 0 atom stereocenters. The summed E-state index contributed by atoms with van der Waals surface area (Å²) in [5.41, 5.74) is 0.469. The zero-order valence-corrected chi connectivity index (χ0v) is 7.76. The van der Waals surface area contributed by atoms with Gasteiger partial charge < -0.3 is 19.7 Å². The Morgan fingerprint density at radius 2 is 1.73 bits per heavy atom. The topological polar surface area (TPSA) is 93.1 Å². The first kappa shape index (κ1) is 10.8. The van der Waals surface area contributed by atoms with E-state index in [4.69, 9.17) is 10.2 Å². The van der Waals surface area contributed by atoms with Crippen molar-refractivity contribution in [3.05, 3.63) is 23.8 Å². The maximum Gasteiger partial charge on any atom is 0.511 e. The van der Waals surface area contributed by atoms with Crippen molar-refractivity contribution in [2.45, 2.75) is 6.92 Å². The fourth-order valence-electron chi connectivity index (χ4n) is 0.995. The Morgan fingerprint density at radius 1 is 1.13 bits per heavy atom. The summed E-state index contributed by atoms with van der Waals surface area (Å²) >= 11 is 0. The molecular weight excluding hydrogens is 204 g/mol. The van der Waals surface area contributed by atoms with Gasteiger partial charge in [-0.1, -0.05) is 0 Å². The number of ether oxygens (including phenoxy) is 2. The Balaban J connectivity index is 2.87. The second-order valence-corrected chi connectivity index (χ2v) is 2.66. The highest BCUT2D eigenvalue weighted by atomic mass is 16.7. The first-order valence-electron chi connectivity index (χ1n) is 3.91. The highest BCUT2D eigenvalue weighted by Gasteiger charge is 2.07. The third-order valence-corrected chi connectivity index (χ3v) is 1.55. The molecule has 0 aliphatic carbocycles. The molecule has 80 valence electrons. The Bertz CT molecular complexity index is 398. The quantitative estimate of drug-likeness (QED) is 0.576. The summed E-state index contributed by atoms with van der Waals surface area (Å²) in [5.74, 6) is 0.248. The van der Waals surface area contributed by atoms with Gasteiger partial charge in [-0.15, -0.1) is 0 Å². The lowest BCUT2D eigenvalue weighted by molar-refractivity contribution is 0.141. The summed E-state index contributed by atoms with van der Waals surface area (Å²) in [6, 6.07) is 3.99. The van der Waals surface area contributed by atoms with Crippen molar-refractivity contribution in [1.82, 2.24) is 0 Å². The molecule has 0 radical (unpaired) electrons. The lowest BCUT2D eigenvalue weighted by Crippen LogP contribution is -2.06. The van der Waals surface area contributed by atoms with Gasteiger partial charge >= 0.3 is 12.3 Å². The molecule has 0 amide bonds. The van der Waals surface area contributed by atoms with Crippen LogP contribution in [0.2, 0.25) is 0 Å². The number of carboxylic acid groups (broad SMARTS) is 2. The number of hydrogen-bond donors (Lipinski definition) is 2. The van der Waals surface area contributed by atoms with Gasteiger partial charge in [0.25, 0.3) is 0 Å². The van der Waals surface area contributed by atoms with E-state index in [0.717, 1.165) is 0 Å². The predicted molar refractivity (Wildman–Crippen MR) is 48.5 cm³/mol. The number of carbonyl (C=O) groups is 2. The zero-order chi connectivity index (χ0) is 11.4. The minimum atomic E-state index is -1.43. The van der Waals surface area contributed by atoms with Crippen LogP contribution in [0.3, 0.4) is 0 Å². The second kappa shape index (κ2) is 4.32. The smallest absolute Gasteiger partial charge is 0.449 e. The molecule has 0 aliphatic rings. The molecule has 1 aromatic rings. The molecule has 0 aromatic heterocycles. The van der Waals surface area contributed by atoms with Gasteiger partial charge in [-0.05, 0) is 30.7 Å². The van der Waals surface area contributed by atoms with Crippen LogP contribution >= 0.6 is 0 Å². The Morgan fingerprint density at radius 3 is 2.20 bits per heavy atom. The predicted octanol–water partition coefficient (Wildman–Crippen LogP) is 2.11. The van der Waals surface area contributed by atoms with Crippen molar-refractivity contribution in [1.29, 1.82) is 0 Å². The van der Waals surface area contributed by atoms with Crippen LogP contribution in [0, 0.1) is 6.92 Å². The van der Waals surface area contributed by atoms with Gasteiger partial charge in [-0.3, -0.25) is 0 Å². The van der Waals surface area contributed by atoms with E-state index in [1.807, 2.05) is 0 Å². The number of hydrogen-bond acceptors (Lipinski definition) is 4. The standard InChI is InChI=1S/C9H8O6/c1-5-4-6(14-8(10)11)2-3-7(5)15-9(12)13/h2-4H,1H3,(H,10,11)(H,12,13). The molecule has 15 heavy (non-hydrogen) atoms. The SMILES string of the molecule is Cc1cc(OC(=O)O)ccc1OC(=O)O. The van der Waals surface area contributed by atoms with Crippen LogP contribution in [-0.2, 0) is 0 Å². The van der Waals surface area contributed by atoms with Crippen molar-refractivity contribution in [3.8, 4) is 11.5 Å². The summed E-state index contributed by atoms with van der Waals surface area (Å²) < 4.78 is 8.79. The highest BCUT2D eigenvalue weighted by molar-refractivity contribution is 5.64. The molecular formula is C9H8O6. The normalized spacial score (nSPS) is 9.40. The van der Waals surface area contributed by atoms with Crippen LogP contribution in [0.1, 0.15) is 5.56 Å². The summed E-state index contributed by atoms with van der Waals surface area (Å²) in [6.07, 6.45) is -2.86. The lowest BCUT2D eigenvalue weighted by Gasteiger charge is -2.05. The molecule has 0 heterocycles. The fourth-order valence-corrected chi connectivity index (χ4v) is 0.995. The molecule has 0 aliphatic heterocycles. The van der Waals surface area contributed by atoms with Gasteiger partial charge in [0.15, 0.2) is 0 Å². The van der Waals surface area contributed by atoms with Gasteiger partial charge in [-0.25, -0.2) is 9.59 Å². The maximum absolute atomic E-state index is 10.2. The van der Waals surface area contributed by atoms with Crippen LogP contribution in [0.4, 0.5) is 9.59 Å². The zero-order valence-electron chi connectivity index (χ0n) is 7.76. The minimum absolute atomic E-state index is 0.109. The molecule has 0 bridgehead atoms.